The fourth-order valence-corrected chi connectivity index (χ4v) is 2.74. The Balaban J connectivity index is 2.01. The van der Waals surface area contributed by atoms with Crippen LogP contribution >= 0.6 is 0 Å². The Labute approximate surface area is 131 Å². The molecule has 1 unspecified atom stereocenters. The lowest BCUT2D eigenvalue weighted by Gasteiger charge is -2.25. The highest BCUT2D eigenvalue weighted by Crippen LogP contribution is 2.17. The Morgan fingerprint density at radius 3 is 2.73 bits per heavy atom. The first kappa shape index (κ1) is 16.3. The molecular formula is C17H23N3O2. The van der Waals surface area contributed by atoms with Gasteiger partial charge in [0.1, 0.15) is 0 Å². The Hall–Kier alpha value is -2.06. The normalized spacial score (nSPS) is 17.0. The van der Waals surface area contributed by atoms with Crippen LogP contribution in [0.4, 0.5) is 10.5 Å². The first-order valence-corrected chi connectivity index (χ1v) is 7.71. The molecule has 0 radical (unpaired) electrons. The Bertz CT molecular complexity index is 539. The summed E-state index contributed by atoms with van der Waals surface area (Å²) >= 11 is 0. The molecule has 1 fully saturated rings. The predicted molar refractivity (Wildman–Crippen MR) is 85.7 cm³/mol. The summed E-state index contributed by atoms with van der Waals surface area (Å²) in [4.78, 5) is 14.2. The van der Waals surface area contributed by atoms with Gasteiger partial charge in [-0.2, -0.15) is 5.26 Å². The number of rotatable bonds is 5. The number of benzene rings is 1. The number of carbonyl (C=O) groups is 1. The monoisotopic (exact) mass is 301 g/mol. The minimum Gasteiger partial charge on any atom is -0.376 e. The summed E-state index contributed by atoms with van der Waals surface area (Å²) in [6.45, 7) is 5.73. The van der Waals surface area contributed by atoms with E-state index in [0.717, 1.165) is 36.3 Å². The maximum Gasteiger partial charge on any atom is 0.321 e. The first-order valence-electron chi connectivity index (χ1n) is 7.71. The summed E-state index contributed by atoms with van der Waals surface area (Å²) in [5.41, 5.74) is 3.01. The molecule has 0 aliphatic carbocycles. The van der Waals surface area contributed by atoms with Gasteiger partial charge in [-0.25, -0.2) is 4.79 Å². The number of anilines is 1. The number of nitriles is 1. The van der Waals surface area contributed by atoms with Crippen molar-refractivity contribution < 1.29 is 9.53 Å². The highest BCUT2D eigenvalue weighted by atomic mass is 16.5. The highest BCUT2D eigenvalue weighted by molar-refractivity contribution is 5.89. The highest BCUT2D eigenvalue weighted by Gasteiger charge is 2.22. The second-order valence-corrected chi connectivity index (χ2v) is 5.80. The van der Waals surface area contributed by atoms with Gasteiger partial charge < -0.3 is 15.0 Å². The summed E-state index contributed by atoms with van der Waals surface area (Å²) in [7, 11) is 0. The van der Waals surface area contributed by atoms with Crippen molar-refractivity contribution in [1.82, 2.24) is 4.90 Å². The number of carbonyl (C=O) groups excluding carboxylic acids is 1. The van der Waals surface area contributed by atoms with Crippen LogP contribution in [0.3, 0.4) is 0 Å². The quantitative estimate of drug-likeness (QED) is 0.908. The van der Waals surface area contributed by atoms with Crippen LogP contribution in [0.5, 0.6) is 0 Å². The van der Waals surface area contributed by atoms with Crippen LogP contribution in [-0.4, -0.2) is 36.7 Å². The lowest BCUT2D eigenvalue weighted by Crippen LogP contribution is -2.40. The van der Waals surface area contributed by atoms with E-state index in [0.29, 0.717) is 19.5 Å². The maximum absolute atomic E-state index is 12.5. The van der Waals surface area contributed by atoms with Crippen molar-refractivity contribution in [3.05, 3.63) is 29.3 Å². The van der Waals surface area contributed by atoms with Crippen molar-refractivity contribution in [3.8, 4) is 6.07 Å². The molecule has 0 spiro atoms. The second kappa shape index (κ2) is 7.81. The number of ether oxygens (including phenoxy) is 1. The third-order valence-corrected chi connectivity index (χ3v) is 3.70. The topological polar surface area (TPSA) is 65.4 Å². The SMILES string of the molecule is Cc1cc(C)cc(NC(=O)N(CCC#N)CC2CCCO2)c1. The molecule has 2 rings (SSSR count). The third kappa shape index (κ3) is 4.74. The minimum absolute atomic E-state index is 0.0867. The van der Waals surface area contributed by atoms with Gasteiger partial charge in [0.15, 0.2) is 0 Å². The molecular weight excluding hydrogens is 278 g/mol. The van der Waals surface area contributed by atoms with Gasteiger partial charge in [-0.1, -0.05) is 6.07 Å². The summed E-state index contributed by atoms with van der Waals surface area (Å²) in [6.07, 6.45) is 2.42. The standard InChI is InChI=1S/C17H23N3O2/c1-13-9-14(2)11-15(10-13)19-17(21)20(7-4-6-18)12-16-5-3-8-22-16/h9-11,16H,3-5,7-8,12H2,1-2H3,(H,19,21). The van der Waals surface area contributed by atoms with E-state index in [1.54, 1.807) is 4.90 Å². The average molecular weight is 301 g/mol. The van der Waals surface area contributed by atoms with E-state index in [1.807, 2.05) is 26.0 Å². The molecule has 1 aliphatic rings. The number of nitrogens with zero attached hydrogens (tertiary/aromatic N) is 2. The fraction of sp³-hybridized carbons (Fsp3) is 0.529. The van der Waals surface area contributed by atoms with Crippen LogP contribution < -0.4 is 5.32 Å². The summed E-state index contributed by atoms with van der Waals surface area (Å²) < 4.78 is 5.60. The van der Waals surface area contributed by atoms with Crippen LogP contribution in [0.25, 0.3) is 0 Å². The molecule has 5 nitrogen and oxygen atoms in total. The van der Waals surface area contributed by atoms with Crippen molar-refractivity contribution in [3.63, 3.8) is 0 Å². The molecule has 118 valence electrons. The number of urea groups is 1. The molecule has 1 atom stereocenters. The van der Waals surface area contributed by atoms with Gasteiger partial charge in [-0.15, -0.1) is 0 Å². The molecule has 1 aliphatic heterocycles. The average Bonchev–Trinajstić information content (AvgIpc) is 2.95. The van der Waals surface area contributed by atoms with Crippen LogP contribution in [-0.2, 0) is 4.74 Å². The summed E-state index contributed by atoms with van der Waals surface area (Å²) in [5, 5.41) is 11.7. The number of hydrogen-bond acceptors (Lipinski definition) is 3. The zero-order valence-electron chi connectivity index (χ0n) is 13.3. The van der Waals surface area contributed by atoms with Crippen LogP contribution in [0.2, 0.25) is 0 Å². The third-order valence-electron chi connectivity index (χ3n) is 3.70. The molecule has 1 N–H and O–H groups in total. The molecule has 5 heteroatoms. The lowest BCUT2D eigenvalue weighted by molar-refractivity contribution is 0.0841. The van der Waals surface area contributed by atoms with E-state index in [-0.39, 0.29) is 12.1 Å². The van der Waals surface area contributed by atoms with E-state index >= 15 is 0 Å². The molecule has 1 heterocycles. The molecule has 1 saturated heterocycles. The summed E-state index contributed by atoms with van der Waals surface area (Å²) in [5.74, 6) is 0. The number of hydrogen-bond donors (Lipinski definition) is 1. The zero-order chi connectivity index (χ0) is 15.9. The van der Waals surface area contributed by atoms with E-state index in [9.17, 15) is 4.79 Å². The first-order chi connectivity index (χ1) is 10.6. The van der Waals surface area contributed by atoms with Gasteiger partial charge >= 0.3 is 6.03 Å². The summed E-state index contributed by atoms with van der Waals surface area (Å²) in [6, 6.07) is 7.88. The van der Waals surface area contributed by atoms with Crippen molar-refractivity contribution >= 4 is 11.7 Å². The van der Waals surface area contributed by atoms with Gasteiger partial charge in [-0.3, -0.25) is 0 Å². The van der Waals surface area contributed by atoms with Gasteiger partial charge in [0.05, 0.1) is 18.6 Å². The molecule has 2 amide bonds. The van der Waals surface area contributed by atoms with E-state index in [1.165, 1.54) is 0 Å². The fourth-order valence-electron chi connectivity index (χ4n) is 2.74. The number of aryl methyl sites for hydroxylation is 2. The maximum atomic E-state index is 12.5. The van der Waals surface area contributed by atoms with Gasteiger partial charge in [0, 0.05) is 25.4 Å². The van der Waals surface area contributed by atoms with Crippen molar-refractivity contribution in [2.24, 2.45) is 0 Å². The Morgan fingerprint density at radius 1 is 1.41 bits per heavy atom. The van der Waals surface area contributed by atoms with Crippen LogP contribution in [0.15, 0.2) is 18.2 Å². The zero-order valence-corrected chi connectivity index (χ0v) is 13.3. The van der Waals surface area contributed by atoms with Gasteiger partial charge in [0.25, 0.3) is 0 Å². The number of amides is 2. The lowest BCUT2D eigenvalue weighted by atomic mass is 10.1. The molecule has 0 saturated carbocycles. The Morgan fingerprint density at radius 2 is 2.14 bits per heavy atom. The van der Waals surface area contributed by atoms with E-state index in [2.05, 4.69) is 17.5 Å². The van der Waals surface area contributed by atoms with Crippen LogP contribution in [0.1, 0.15) is 30.4 Å². The largest absolute Gasteiger partial charge is 0.376 e. The predicted octanol–water partition coefficient (Wildman–Crippen LogP) is 3.23. The number of nitrogens with one attached hydrogen (secondary N) is 1. The molecule has 0 bridgehead atoms. The molecule has 0 aromatic heterocycles. The van der Waals surface area contributed by atoms with Crippen molar-refractivity contribution in [1.29, 1.82) is 5.26 Å². The van der Waals surface area contributed by atoms with Gasteiger partial charge in [-0.05, 0) is 49.9 Å². The smallest absolute Gasteiger partial charge is 0.321 e. The van der Waals surface area contributed by atoms with Crippen LogP contribution in [0, 0.1) is 25.2 Å². The Kier molecular flexibility index (Phi) is 5.79. The minimum atomic E-state index is -0.171. The van der Waals surface area contributed by atoms with Gasteiger partial charge in [0.2, 0.25) is 0 Å². The second-order valence-electron chi connectivity index (χ2n) is 5.80. The molecule has 1 aromatic carbocycles. The van der Waals surface area contributed by atoms with Crippen molar-refractivity contribution in [2.75, 3.05) is 25.0 Å². The van der Waals surface area contributed by atoms with E-state index in [4.69, 9.17) is 10.00 Å². The molecule has 22 heavy (non-hydrogen) atoms. The van der Waals surface area contributed by atoms with Crippen molar-refractivity contribution in [2.45, 2.75) is 39.2 Å². The molecule has 1 aromatic rings. The van der Waals surface area contributed by atoms with E-state index < -0.39 is 0 Å².